The predicted octanol–water partition coefficient (Wildman–Crippen LogP) is 7.68. The highest BCUT2D eigenvalue weighted by atomic mass is 16.7. The van der Waals surface area contributed by atoms with Crippen molar-refractivity contribution in [1.29, 1.82) is 0 Å². The van der Waals surface area contributed by atoms with E-state index in [9.17, 15) is 0 Å². The zero-order valence-electron chi connectivity index (χ0n) is 19.2. The van der Waals surface area contributed by atoms with Crippen molar-refractivity contribution in [2.24, 2.45) is 0 Å². The van der Waals surface area contributed by atoms with E-state index in [1.165, 1.54) is 68.9 Å². The largest absolute Gasteiger partial charge is 0.788 e. The second-order valence-electron chi connectivity index (χ2n) is 8.20. The van der Waals surface area contributed by atoms with Crippen LogP contribution in [0.2, 0.25) is 0 Å². The van der Waals surface area contributed by atoms with E-state index in [1.54, 1.807) is 0 Å². The lowest BCUT2D eigenvalue weighted by Gasteiger charge is -2.16. The molecule has 2 rings (SSSR count). The van der Waals surface area contributed by atoms with Gasteiger partial charge in [0.1, 0.15) is 11.5 Å². The maximum atomic E-state index is 5.95. The minimum Gasteiger partial charge on any atom is -0.501 e. The quantitative estimate of drug-likeness (QED) is 0.210. The minimum atomic E-state index is -0.742. The van der Waals surface area contributed by atoms with Gasteiger partial charge in [-0.2, -0.15) is 0 Å². The third kappa shape index (κ3) is 10.7. The Kier molecular flexibility index (Phi) is 12.1. The highest BCUT2D eigenvalue weighted by Gasteiger charge is 2.26. The van der Waals surface area contributed by atoms with Crippen LogP contribution < -0.4 is 9.31 Å². The first-order valence-electron chi connectivity index (χ1n) is 11.8. The normalized spacial score (nSPS) is 10.8. The molecule has 30 heavy (non-hydrogen) atoms. The summed E-state index contributed by atoms with van der Waals surface area (Å²) in [5.41, 5.74) is 2.40. The molecular weight excluding hydrogens is 371 g/mol. The van der Waals surface area contributed by atoms with E-state index in [4.69, 9.17) is 14.0 Å². The number of benzene rings is 2. The molecule has 0 fully saturated rings. The fourth-order valence-corrected chi connectivity index (χ4v) is 3.32. The molecule has 0 aromatic heterocycles. The van der Waals surface area contributed by atoms with E-state index < -0.39 is 7.32 Å². The monoisotopic (exact) mass is 410 g/mol. The van der Waals surface area contributed by atoms with Crippen molar-refractivity contribution in [3.8, 4) is 11.5 Å². The van der Waals surface area contributed by atoms with Crippen LogP contribution in [-0.2, 0) is 4.65 Å². The molecule has 3 nitrogen and oxygen atoms in total. The summed E-state index contributed by atoms with van der Waals surface area (Å²) in [6.07, 6.45) is 13.1. The van der Waals surface area contributed by atoms with Gasteiger partial charge in [-0.15, -0.1) is 0 Å². The fraction of sp³-hybridized carbons (Fsp3) is 0.538. The van der Waals surface area contributed by atoms with E-state index in [0.717, 1.165) is 17.9 Å². The molecule has 0 N–H and O–H groups in total. The summed E-state index contributed by atoms with van der Waals surface area (Å²) in [7, 11) is -0.742. The molecule has 0 aliphatic rings. The molecule has 0 radical (unpaired) electrons. The average molecular weight is 410 g/mol. The van der Waals surface area contributed by atoms with Gasteiger partial charge in [0.15, 0.2) is 0 Å². The first-order chi connectivity index (χ1) is 14.7. The van der Waals surface area contributed by atoms with Crippen molar-refractivity contribution in [2.45, 2.75) is 85.0 Å². The lowest BCUT2D eigenvalue weighted by molar-refractivity contribution is 0.196. The van der Waals surface area contributed by atoms with Crippen LogP contribution in [0.25, 0.3) is 0 Å². The van der Waals surface area contributed by atoms with Crippen molar-refractivity contribution in [1.82, 2.24) is 0 Å². The van der Waals surface area contributed by atoms with Crippen LogP contribution in [0.15, 0.2) is 48.5 Å². The minimum absolute atomic E-state index is 0.638. The van der Waals surface area contributed by atoms with Gasteiger partial charge in [-0.25, -0.2) is 0 Å². The summed E-state index contributed by atoms with van der Waals surface area (Å²) in [5.74, 6) is 1.50. The first-order valence-corrected chi connectivity index (χ1v) is 11.8. The smallest absolute Gasteiger partial charge is 0.501 e. The lowest BCUT2D eigenvalue weighted by atomic mass is 10.1. The standard InChI is InChI=1S/C26H39BO3/c1-4-5-6-7-8-9-10-11-12-13-22-28-27(29-25-18-14-23(2)15-19-25)30-26-20-16-24(3)17-21-26/h14-21H,4-13,22H2,1-3H3. The molecule has 0 bridgehead atoms. The van der Waals surface area contributed by atoms with Crippen molar-refractivity contribution in [3.63, 3.8) is 0 Å². The Morgan fingerprint density at radius 2 is 0.967 bits per heavy atom. The van der Waals surface area contributed by atoms with E-state index in [0.29, 0.717) is 6.61 Å². The van der Waals surface area contributed by atoms with Gasteiger partial charge in [0.05, 0.1) is 0 Å². The van der Waals surface area contributed by atoms with Gasteiger partial charge in [0, 0.05) is 6.61 Å². The predicted molar refractivity (Wildman–Crippen MR) is 127 cm³/mol. The molecule has 0 saturated carbocycles. The van der Waals surface area contributed by atoms with Crippen LogP contribution in [0.1, 0.15) is 82.3 Å². The van der Waals surface area contributed by atoms with Crippen LogP contribution >= 0.6 is 0 Å². The van der Waals surface area contributed by atoms with Gasteiger partial charge in [-0.1, -0.05) is 100 Å². The SMILES string of the molecule is CCCCCCCCCCCCOB(Oc1ccc(C)cc1)Oc1ccc(C)cc1. The molecule has 0 saturated heterocycles. The van der Waals surface area contributed by atoms with Gasteiger partial charge in [-0.3, -0.25) is 0 Å². The van der Waals surface area contributed by atoms with Crippen LogP contribution in [-0.4, -0.2) is 13.9 Å². The van der Waals surface area contributed by atoms with E-state index in [1.807, 2.05) is 48.5 Å². The molecule has 2 aromatic carbocycles. The maximum absolute atomic E-state index is 5.95. The molecule has 0 aliphatic heterocycles. The zero-order valence-corrected chi connectivity index (χ0v) is 19.2. The Hall–Kier alpha value is -1.94. The molecule has 2 aromatic rings. The summed E-state index contributed by atoms with van der Waals surface area (Å²) >= 11 is 0. The van der Waals surface area contributed by atoms with Gasteiger partial charge < -0.3 is 14.0 Å². The molecule has 0 atom stereocenters. The van der Waals surface area contributed by atoms with Crippen LogP contribution in [0, 0.1) is 13.8 Å². The number of unbranched alkanes of at least 4 members (excludes halogenated alkanes) is 9. The van der Waals surface area contributed by atoms with Crippen molar-refractivity contribution in [2.75, 3.05) is 6.61 Å². The van der Waals surface area contributed by atoms with Gasteiger partial charge in [0.25, 0.3) is 0 Å². The lowest BCUT2D eigenvalue weighted by Crippen LogP contribution is -2.34. The molecule has 0 aliphatic carbocycles. The number of rotatable bonds is 16. The summed E-state index contributed by atoms with van der Waals surface area (Å²) < 4.78 is 17.8. The molecule has 0 heterocycles. The summed E-state index contributed by atoms with van der Waals surface area (Å²) in [5, 5.41) is 0. The molecule has 164 valence electrons. The Morgan fingerprint density at radius 3 is 1.40 bits per heavy atom. The highest BCUT2D eigenvalue weighted by molar-refractivity contribution is 6.38. The van der Waals surface area contributed by atoms with Crippen molar-refractivity contribution < 1.29 is 14.0 Å². The third-order valence-corrected chi connectivity index (χ3v) is 5.26. The first kappa shape index (κ1) is 24.3. The van der Waals surface area contributed by atoms with Gasteiger partial charge in [0.2, 0.25) is 0 Å². The topological polar surface area (TPSA) is 27.7 Å². The molecule has 0 spiro atoms. The molecular formula is C26H39BO3. The number of hydrogen-bond acceptors (Lipinski definition) is 3. The Bertz CT molecular complexity index is 622. The second kappa shape index (κ2) is 15.0. The number of aryl methyl sites for hydroxylation is 2. The van der Waals surface area contributed by atoms with Crippen LogP contribution in [0.4, 0.5) is 0 Å². The Balaban J connectivity index is 1.69. The third-order valence-electron chi connectivity index (χ3n) is 5.26. The van der Waals surface area contributed by atoms with Crippen LogP contribution in [0.5, 0.6) is 11.5 Å². The molecule has 4 heteroatoms. The molecule has 0 amide bonds. The average Bonchev–Trinajstić information content (AvgIpc) is 2.75. The van der Waals surface area contributed by atoms with Gasteiger partial charge >= 0.3 is 7.32 Å². The van der Waals surface area contributed by atoms with Crippen LogP contribution in [0.3, 0.4) is 0 Å². The highest BCUT2D eigenvalue weighted by Crippen LogP contribution is 2.17. The van der Waals surface area contributed by atoms with Crippen molar-refractivity contribution >= 4 is 7.32 Å². The Labute approximate surface area is 184 Å². The zero-order chi connectivity index (χ0) is 21.4. The fourth-order valence-electron chi connectivity index (χ4n) is 3.32. The number of hydrogen-bond donors (Lipinski definition) is 0. The summed E-state index contributed by atoms with van der Waals surface area (Å²) in [6.45, 7) is 7.03. The summed E-state index contributed by atoms with van der Waals surface area (Å²) in [6, 6.07) is 15.9. The molecule has 0 unspecified atom stereocenters. The summed E-state index contributed by atoms with van der Waals surface area (Å²) in [4.78, 5) is 0. The maximum Gasteiger partial charge on any atom is 0.788 e. The van der Waals surface area contributed by atoms with E-state index in [-0.39, 0.29) is 0 Å². The van der Waals surface area contributed by atoms with Gasteiger partial charge in [-0.05, 0) is 44.5 Å². The second-order valence-corrected chi connectivity index (χ2v) is 8.20. The Morgan fingerprint density at radius 1 is 0.567 bits per heavy atom. The van der Waals surface area contributed by atoms with E-state index >= 15 is 0 Å². The van der Waals surface area contributed by atoms with Crippen molar-refractivity contribution in [3.05, 3.63) is 59.7 Å². The van der Waals surface area contributed by atoms with E-state index in [2.05, 4.69) is 20.8 Å².